The van der Waals surface area contributed by atoms with Crippen LogP contribution in [0.2, 0.25) is 0 Å². The number of hydrogen-bond donors (Lipinski definition) is 2. The summed E-state index contributed by atoms with van der Waals surface area (Å²) in [6, 6.07) is 9.36. The molecule has 0 atom stereocenters. The van der Waals surface area contributed by atoms with E-state index in [4.69, 9.17) is 5.11 Å². The average molecular weight is 178 g/mol. The largest absolute Gasteiger partial charge is 0.464 e. The molecule has 0 aliphatic heterocycles. The van der Waals surface area contributed by atoms with Crippen molar-refractivity contribution in [3.63, 3.8) is 0 Å². The highest BCUT2D eigenvalue weighted by Gasteiger charge is 1.96. The number of carbonyl (C=O) groups is 1. The zero-order valence-electron chi connectivity index (χ0n) is 7.19. The minimum Gasteiger partial charge on any atom is -0.464 e. The molecule has 0 saturated heterocycles. The molecule has 1 rings (SSSR count). The van der Waals surface area contributed by atoms with Crippen LogP contribution in [0, 0.1) is 0 Å². The van der Waals surface area contributed by atoms with Gasteiger partial charge in [-0.1, -0.05) is 30.3 Å². The Balaban J connectivity index is 2.73. The van der Waals surface area contributed by atoms with E-state index in [-0.39, 0.29) is 0 Å². The van der Waals surface area contributed by atoms with Crippen LogP contribution in [-0.2, 0) is 0 Å². The third-order valence-corrected chi connectivity index (χ3v) is 1.51. The molecule has 2 N–H and O–H groups in total. The summed E-state index contributed by atoms with van der Waals surface area (Å²) in [6.45, 7) is 1.74. The molecular formula is C9H10N2O2. The third-order valence-electron chi connectivity index (χ3n) is 1.51. The second kappa shape index (κ2) is 4.25. The maximum atomic E-state index is 10.1. The lowest BCUT2D eigenvalue weighted by Crippen LogP contribution is -2.15. The fourth-order valence-corrected chi connectivity index (χ4v) is 0.876. The van der Waals surface area contributed by atoms with E-state index in [1.54, 1.807) is 6.92 Å². The number of hydrazone groups is 1. The van der Waals surface area contributed by atoms with Crippen LogP contribution in [0.15, 0.2) is 35.4 Å². The number of hydrogen-bond acceptors (Lipinski definition) is 2. The van der Waals surface area contributed by atoms with E-state index in [2.05, 4.69) is 5.10 Å². The van der Waals surface area contributed by atoms with E-state index < -0.39 is 6.09 Å². The summed E-state index contributed by atoms with van der Waals surface area (Å²) in [4.78, 5) is 10.1. The van der Waals surface area contributed by atoms with Crippen LogP contribution in [-0.4, -0.2) is 16.9 Å². The molecule has 0 radical (unpaired) electrons. The first-order valence-electron chi connectivity index (χ1n) is 3.79. The van der Waals surface area contributed by atoms with Crippen LogP contribution < -0.4 is 5.43 Å². The van der Waals surface area contributed by atoms with E-state index in [1.807, 2.05) is 35.8 Å². The Morgan fingerprint density at radius 3 is 2.54 bits per heavy atom. The van der Waals surface area contributed by atoms with Gasteiger partial charge in [0.05, 0.1) is 5.71 Å². The van der Waals surface area contributed by atoms with Gasteiger partial charge >= 0.3 is 6.09 Å². The summed E-state index contributed by atoms with van der Waals surface area (Å²) >= 11 is 0. The number of amides is 1. The van der Waals surface area contributed by atoms with E-state index >= 15 is 0 Å². The number of nitrogens with one attached hydrogen (secondary N) is 1. The zero-order valence-corrected chi connectivity index (χ0v) is 7.19. The average Bonchev–Trinajstić information content (AvgIpc) is 2.15. The Kier molecular flexibility index (Phi) is 3.03. The topological polar surface area (TPSA) is 61.7 Å². The van der Waals surface area contributed by atoms with Crippen molar-refractivity contribution in [1.82, 2.24) is 5.43 Å². The predicted molar refractivity (Wildman–Crippen MR) is 49.8 cm³/mol. The van der Waals surface area contributed by atoms with Gasteiger partial charge in [-0.25, -0.2) is 10.2 Å². The van der Waals surface area contributed by atoms with Gasteiger partial charge in [0.25, 0.3) is 0 Å². The van der Waals surface area contributed by atoms with Crippen LogP contribution in [0.1, 0.15) is 12.5 Å². The molecule has 4 nitrogen and oxygen atoms in total. The molecule has 0 unspecified atom stereocenters. The number of rotatable bonds is 2. The predicted octanol–water partition coefficient (Wildman–Crippen LogP) is 1.68. The molecule has 68 valence electrons. The fourth-order valence-electron chi connectivity index (χ4n) is 0.876. The van der Waals surface area contributed by atoms with Crippen molar-refractivity contribution in [3.05, 3.63) is 35.9 Å². The summed E-state index contributed by atoms with van der Waals surface area (Å²) < 4.78 is 0. The summed E-state index contributed by atoms with van der Waals surface area (Å²) in [5, 5.41) is 12.0. The summed E-state index contributed by atoms with van der Waals surface area (Å²) in [5.41, 5.74) is 3.49. The molecular weight excluding hydrogens is 168 g/mol. The first-order chi connectivity index (χ1) is 6.20. The van der Waals surface area contributed by atoms with Gasteiger partial charge in [0, 0.05) is 0 Å². The third kappa shape index (κ3) is 2.94. The number of nitrogens with zero attached hydrogens (tertiary/aromatic N) is 1. The number of benzene rings is 1. The van der Waals surface area contributed by atoms with Gasteiger partial charge in [-0.3, -0.25) is 0 Å². The lowest BCUT2D eigenvalue weighted by molar-refractivity contribution is 0.195. The van der Waals surface area contributed by atoms with E-state index in [0.717, 1.165) is 5.56 Å². The SMILES string of the molecule is C/C(=N/NC(=O)O)c1ccccc1. The van der Waals surface area contributed by atoms with Crippen molar-refractivity contribution in [2.24, 2.45) is 5.10 Å². The summed E-state index contributed by atoms with van der Waals surface area (Å²) in [7, 11) is 0. The van der Waals surface area contributed by atoms with Crippen LogP contribution in [0.3, 0.4) is 0 Å². The van der Waals surface area contributed by atoms with Gasteiger partial charge < -0.3 is 5.11 Å². The molecule has 4 heteroatoms. The van der Waals surface area contributed by atoms with Crippen molar-refractivity contribution in [1.29, 1.82) is 0 Å². The molecule has 0 aliphatic carbocycles. The maximum Gasteiger partial charge on any atom is 0.425 e. The first-order valence-corrected chi connectivity index (χ1v) is 3.79. The fraction of sp³-hybridized carbons (Fsp3) is 0.111. The van der Waals surface area contributed by atoms with E-state index in [0.29, 0.717) is 5.71 Å². The quantitative estimate of drug-likeness (QED) is 0.534. The van der Waals surface area contributed by atoms with Crippen molar-refractivity contribution in [3.8, 4) is 0 Å². The smallest absolute Gasteiger partial charge is 0.425 e. The van der Waals surface area contributed by atoms with Crippen LogP contribution >= 0.6 is 0 Å². The zero-order chi connectivity index (χ0) is 9.68. The van der Waals surface area contributed by atoms with Crippen LogP contribution in [0.4, 0.5) is 4.79 Å². The minimum absolute atomic E-state index is 0.642. The molecule has 0 bridgehead atoms. The second-order valence-corrected chi connectivity index (χ2v) is 2.48. The lowest BCUT2D eigenvalue weighted by Gasteiger charge is -1.98. The lowest BCUT2D eigenvalue weighted by atomic mass is 10.1. The molecule has 0 fully saturated rings. The highest BCUT2D eigenvalue weighted by molar-refractivity contribution is 5.98. The van der Waals surface area contributed by atoms with Gasteiger partial charge in [0.2, 0.25) is 0 Å². The van der Waals surface area contributed by atoms with Crippen LogP contribution in [0.5, 0.6) is 0 Å². The second-order valence-electron chi connectivity index (χ2n) is 2.48. The van der Waals surface area contributed by atoms with Gasteiger partial charge in [0.1, 0.15) is 0 Å². The highest BCUT2D eigenvalue weighted by Crippen LogP contribution is 1.99. The first kappa shape index (κ1) is 9.25. The van der Waals surface area contributed by atoms with Gasteiger partial charge in [-0.05, 0) is 12.5 Å². The van der Waals surface area contributed by atoms with Crippen LogP contribution in [0.25, 0.3) is 0 Å². The Bertz CT molecular complexity index is 320. The molecule has 13 heavy (non-hydrogen) atoms. The van der Waals surface area contributed by atoms with E-state index in [9.17, 15) is 4.79 Å². The van der Waals surface area contributed by atoms with Crippen molar-refractivity contribution in [2.75, 3.05) is 0 Å². The molecule has 1 aromatic carbocycles. The molecule has 0 saturated carbocycles. The molecule has 1 aromatic rings. The van der Waals surface area contributed by atoms with Crippen molar-refractivity contribution < 1.29 is 9.90 Å². The molecule has 0 spiro atoms. The maximum absolute atomic E-state index is 10.1. The highest BCUT2D eigenvalue weighted by atomic mass is 16.4. The standard InChI is InChI=1S/C9H10N2O2/c1-7(10-11-9(12)13)8-5-3-2-4-6-8/h2-6,11H,1H3,(H,12,13)/b10-7-. The Labute approximate surface area is 75.9 Å². The Morgan fingerprint density at radius 2 is 2.00 bits per heavy atom. The van der Waals surface area contributed by atoms with Gasteiger partial charge in [-0.2, -0.15) is 5.10 Å². The molecule has 0 aliphatic rings. The Morgan fingerprint density at radius 1 is 1.38 bits per heavy atom. The minimum atomic E-state index is -1.16. The van der Waals surface area contributed by atoms with E-state index in [1.165, 1.54) is 0 Å². The molecule has 0 aromatic heterocycles. The molecule has 1 amide bonds. The Hall–Kier alpha value is -1.84. The monoisotopic (exact) mass is 178 g/mol. The van der Waals surface area contributed by atoms with Crippen molar-refractivity contribution in [2.45, 2.75) is 6.92 Å². The number of carboxylic acid groups (broad SMARTS) is 1. The summed E-state index contributed by atoms with van der Waals surface area (Å²) in [5.74, 6) is 0. The van der Waals surface area contributed by atoms with Crippen molar-refractivity contribution >= 4 is 11.8 Å². The summed E-state index contributed by atoms with van der Waals surface area (Å²) in [6.07, 6.45) is -1.16. The van der Waals surface area contributed by atoms with Gasteiger partial charge in [0.15, 0.2) is 0 Å². The normalized spacial score (nSPS) is 11.0. The van der Waals surface area contributed by atoms with Gasteiger partial charge in [-0.15, -0.1) is 0 Å². The molecule has 0 heterocycles.